The minimum atomic E-state index is 1.10. The Hall–Kier alpha value is -8.52. The Labute approximate surface area is 379 Å². The van der Waals surface area contributed by atoms with Crippen LogP contribution in [0.5, 0.6) is 0 Å². The van der Waals surface area contributed by atoms with Crippen LogP contribution in [0.3, 0.4) is 0 Å². The second-order valence-corrected chi connectivity index (χ2v) is 16.9. The standard InChI is InChI=1S/C64H43N/c1-5-17-44(18-6-1)48-29-31-52-41-55(36-33-50(52)39-48)65(56-37-34-51-40-49(30-32-53(51)42-56)45-19-7-2-8-20-45)62-28-16-15-25-57(62)54-35-38-59-58-26-13-14-27-60(58)63(46-21-9-3-10-22-46)64(61(59)43-54)47-23-11-4-12-24-47/h1-43H. The number of hydrogen-bond acceptors (Lipinski definition) is 1. The second-order valence-electron chi connectivity index (χ2n) is 16.9. The van der Waals surface area contributed by atoms with Crippen LogP contribution in [0.2, 0.25) is 0 Å². The molecule has 0 aromatic heterocycles. The van der Waals surface area contributed by atoms with E-state index >= 15 is 0 Å². The summed E-state index contributed by atoms with van der Waals surface area (Å²) in [6.07, 6.45) is 0. The molecule has 304 valence electrons. The molecule has 12 rings (SSSR count). The molecule has 0 aliphatic rings. The zero-order valence-electron chi connectivity index (χ0n) is 35.8. The van der Waals surface area contributed by atoms with E-state index in [-0.39, 0.29) is 0 Å². The molecular weight excluding hydrogens is 783 g/mol. The van der Waals surface area contributed by atoms with E-state index in [2.05, 4.69) is 266 Å². The highest BCUT2D eigenvalue weighted by molar-refractivity contribution is 6.22. The molecule has 0 radical (unpaired) electrons. The topological polar surface area (TPSA) is 3.24 Å². The van der Waals surface area contributed by atoms with E-state index in [1.807, 2.05) is 0 Å². The van der Waals surface area contributed by atoms with E-state index in [4.69, 9.17) is 0 Å². The minimum absolute atomic E-state index is 1.10. The number of hydrogen-bond donors (Lipinski definition) is 0. The van der Waals surface area contributed by atoms with Crippen LogP contribution in [-0.2, 0) is 0 Å². The van der Waals surface area contributed by atoms with Crippen molar-refractivity contribution in [3.63, 3.8) is 0 Å². The van der Waals surface area contributed by atoms with Crippen molar-refractivity contribution < 1.29 is 0 Å². The molecule has 0 amide bonds. The van der Waals surface area contributed by atoms with Gasteiger partial charge in [0.25, 0.3) is 0 Å². The van der Waals surface area contributed by atoms with Gasteiger partial charge >= 0.3 is 0 Å². The van der Waals surface area contributed by atoms with Gasteiger partial charge in [0.05, 0.1) is 5.69 Å². The Bertz CT molecular complexity index is 3570. The Morgan fingerprint density at radius 2 is 0.615 bits per heavy atom. The second kappa shape index (κ2) is 16.3. The molecule has 0 atom stereocenters. The highest BCUT2D eigenvalue weighted by atomic mass is 15.1. The van der Waals surface area contributed by atoms with E-state index in [1.54, 1.807) is 0 Å². The number of nitrogens with zero attached hydrogens (tertiary/aromatic N) is 1. The van der Waals surface area contributed by atoms with Crippen LogP contribution < -0.4 is 4.90 Å². The summed E-state index contributed by atoms with van der Waals surface area (Å²) in [4.78, 5) is 2.45. The van der Waals surface area contributed by atoms with Gasteiger partial charge in [0.2, 0.25) is 0 Å². The summed E-state index contributed by atoms with van der Waals surface area (Å²) in [7, 11) is 0. The molecule has 0 aliphatic carbocycles. The first kappa shape index (κ1) is 38.2. The maximum Gasteiger partial charge on any atom is 0.0540 e. The van der Waals surface area contributed by atoms with Crippen LogP contribution in [0.25, 0.3) is 98.7 Å². The van der Waals surface area contributed by atoms with Gasteiger partial charge in [0.15, 0.2) is 0 Å². The number of para-hydroxylation sites is 1. The van der Waals surface area contributed by atoms with Crippen molar-refractivity contribution in [2.45, 2.75) is 0 Å². The van der Waals surface area contributed by atoms with Gasteiger partial charge in [-0.2, -0.15) is 0 Å². The Morgan fingerprint density at radius 3 is 1.17 bits per heavy atom. The lowest BCUT2D eigenvalue weighted by Gasteiger charge is -2.29. The van der Waals surface area contributed by atoms with E-state index in [9.17, 15) is 0 Å². The first-order chi connectivity index (χ1) is 32.2. The fraction of sp³-hybridized carbons (Fsp3) is 0. The average molecular weight is 826 g/mol. The van der Waals surface area contributed by atoms with Gasteiger partial charge in [0.1, 0.15) is 0 Å². The van der Waals surface area contributed by atoms with Crippen molar-refractivity contribution in [1.82, 2.24) is 0 Å². The molecule has 0 heterocycles. The third-order valence-corrected chi connectivity index (χ3v) is 13.0. The van der Waals surface area contributed by atoms with Crippen molar-refractivity contribution in [3.8, 4) is 55.6 Å². The predicted molar refractivity (Wildman–Crippen MR) is 278 cm³/mol. The first-order valence-electron chi connectivity index (χ1n) is 22.4. The number of fused-ring (bicyclic) bond motifs is 5. The molecule has 0 N–H and O–H groups in total. The van der Waals surface area contributed by atoms with Gasteiger partial charge in [-0.3, -0.25) is 0 Å². The highest BCUT2D eigenvalue weighted by Crippen LogP contribution is 2.48. The number of anilines is 3. The fourth-order valence-electron chi connectivity index (χ4n) is 9.87. The highest BCUT2D eigenvalue weighted by Gasteiger charge is 2.21. The summed E-state index contributed by atoms with van der Waals surface area (Å²) >= 11 is 0. The van der Waals surface area contributed by atoms with Crippen LogP contribution >= 0.6 is 0 Å². The first-order valence-corrected chi connectivity index (χ1v) is 22.4. The van der Waals surface area contributed by atoms with Crippen LogP contribution in [0.1, 0.15) is 0 Å². The van der Waals surface area contributed by atoms with Crippen LogP contribution in [0.4, 0.5) is 17.1 Å². The summed E-state index contributed by atoms with van der Waals surface area (Å²) < 4.78 is 0. The normalized spacial score (nSPS) is 11.4. The van der Waals surface area contributed by atoms with Gasteiger partial charge in [-0.05, 0) is 142 Å². The maximum absolute atomic E-state index is 2.45. The molecule has 0 spiro atoms. The lowest BCUT2D eigenvalue weighted by atomic mass is 9.84. The molecule has 0 fully saturated rings. The molecule has 0 saturated heterocycles. The third-order valence-electron chi connectivity index (χ3n) is 13.0. The molecule has 12 aromatic rings. The maximum atomic E-state index is 2.45. The molecule has 0 bridgehead atoms. The molecule has 65 heavy (non-hydrogen) atoms. The van der Waals surface area contributed by atoms with Crippen LogP contribution in [0, 0.1) is 0 Å². The molecule has 0 unspecified atom stereocenters. The lowest BCUT2D eigenvalue weighted by molar-refractivity contribution is 1.29. The molecule has 12 aromatic carbocycles. The van der Waals surface area contributed by atoms with Crippen molar-refractivity contribution in [2.75, 3.05) is 4.90 Å². The zero-order valence-corrected chi connectivity index (χ0v) is 35.8. The van der Waals surface area contributed by atoms with Crippen LogP contribution in [-0.4, -0.2) is 0 Å². The van der Waals surface area contributed by atoms with Gasteiger partial charge in [-0.1, -0.05) is 212 Å². The molecule has 0 saturated carbocycles. The van der Waals surface area contributed by atoms with Gasteiger partial charge in [-0.25, -0.2) is 0 Å². The van der Waals surface area contributed by atoms with Crippen LogP contribution in [0.15, 0.2) is 261 Å². The van der Waals surface area contributed by atoms with E-state index in [0.29, 0.717) is 0 Å². The van der Waals surface area contributed by atoms with E-state index in [0.717, 1.165) is 28.2 Å². The summed E-state index contributed by atoms with van der Waals surface area (Å²) in [6, 6.07) is 95.4. The summed E-state index contributed by atoms with van der Waals surface area (Å²) in [6.45, 7) is 0. The smallest absolute Gasteiger partial charge is 0.0540 e. The number of rotatable bonds is 8. The van der Waals surface area contributed by atoms with Crippen molar-refractivity contribution >= 4 is 60.2 Å². The molecular formula is C64H43N. The van der Waals surface area contributed by atoms with Crippen molar-refractivity contribution in [1.29, 1.82) is 0 Å². The lowest BCUT2D eigenvalue weighted by Crippen LogP contribution is -2.11. The third kappa shape index (κ3) is 7.01. The Balaban J connectivity index is 1.07. The predicted octanol–water partition coefficient (Wildman–Crippen LogP) is 18.1. The SMILES string of the molecule is c1ccc(-c2ccc3cc(N(c4ccc5cc(-c6ccccc6)ccc5c4)c4ccccc4-c4ccc5c(c4)c(-c4ccccc4)c(-c4ccccc4)c4ccccc45)ccc3c2)cc1. The van der Waals surface area contributed by atoms with Crippen molar-refractivity contribution in [3.05, 3.63) is 261 Å². The largest absolute Gasteiger partial charge is 0.310 e. The summed E-state index contributed by atoms with van der Waals surface area (Å²) in [5, 5.41) is 9.77. The summed E-state index contributed by atoms with van der Waals surface area (Å²) in [5.41, 5.74) is 15.4. The molecule has 1 heteroatoms. The summed E-state index contributed by atoms with van der Waals surface area (Å²) in [5.74, 6) is 0. The minimum Gasteiger partial charge on any atom is -0.310 e. The van der Waals surface area contributed by atoms with E-state index in [1.165, 1.54) is 87.6 Å². The Kier molecular flexibility index (Phi) is 9.58. The molecule has 1 nitrogen and oxygen atoms in total. The van der Waals surface area contributed by atoms with Crippen molar-refractivity contribution in [2.24, 2.45) is 0 Å². The van der Waals surface area contributed by atoms with Gasteiger partial charge in [-0.15, -0.1) is 0 Å². The fourth-order valence-corrected chi connectivity index (χ4v) is 9.87. The number of benzene rings is 12. The van der Waals surface area contributed by atoms with Gasteiger partial charge < -0.3 is 4.90 Å². The van der Waals surface area contributed by atoms with Gasteiger partial charge in [0, 0.05) is 16.9 Å². The molecule has 0 aliphatic heterocycles. The zero-order chi connectivity index (χ0) is 43.1. The van der Waals surface area contributed by atoms with E-state index < -0.39 is 0 Å². The Morgan fingerprint density at radius 1 is 0.215 bits per heavy atom. The quantitative estimate of drug-likeness (QED) is 0.138. The monoisotopic (exact) mass is 825 g/mol. The average Bonchev–Trinajstić information content (AvgIpc) is 3.39.